The van der Waals surface area contributed by atoms with E-state index < -0.39 is 39.0 Å². The van der Waals surface area contributed by atoms with Crippen LogP contribution >= 0.6 is 11.6 Å². The molecule has 7 fully saturated rings. The molecule has 3 spiro atoms. The van der Waals surface area contributed by atoms with Crippen molar-refractivity contribution >= 4 is 63.9 Å². The standard InChI is InChI=1S/C22H27N5O4.C14H14N2O5.C12H19NO3.C7H4ClNO4.CH3F.CH4/c28-21(31-20-4-2-18(3-5-20)27(29)30)25-13-8-22(16-25)14-19(15-22)24-11-6-17(7-12-24)26-10-1-9-23-26;17-11-7-14(8-11)5-6-15(9-14)13(18)21-12-3-1-10(2-4-12)16(19)20;1-11(2,3)16-10(15)13-5-4-12(8-13)6-9(14)7-12;8-7(10)13-6-3-1-5(2-4-6)9(11)12;1-2;/h1-5,9-10,17,19H,6-8,11-16H2;1-4H,5-9H2;4-8H2,1-3H3;1-4H;1H3;1H4/i;;;;1D;. The number of non-ortho nitro benzene ring substituents is 3. The van der Waals surface area contributed by atoms with Crippen molar-refractivity contribution in [1.82, 2.24) is 29.4 Å². The van der Waals surface area contributed by atoms with E-state index >= 15 is 0 Å². The second-order valence-electron chi connectivity index (χ2n) is 22.9. The first-order valence-electron chi connectivity index (χ1n) is 27.6. The molecule has 5 heterocycles. The highest BCUT2D eigenvalue weighted by molar-refractivity contribution is 6.61. The predicted octanol–water partition coefficient (Wildman–Crippen LogP) is 11.2. The molecule has 25 nitrogen and oxygen atoms in total. The number of ether oxygens (including phenoxy) is 4. The molecule has 0 unspecified atom stereocenters. The topological polar surface area (TPSA) is 300 Å². The number of Topliss-reactive ketones (excluding diaryl/α,β-unsaturated/α-hetero) is 2. The fraction of sp³-hybridized carbons (Fsp3) is 0.526. The van der Waals surface area contributed by atoms with Crippen molar-refractivity contribution in [2.75, 3.05) is 59.5 Å². The average molecular weight is 1190 g/mol. The number of hydrogen-bond acceptors (Lipinski definition) is 18. The Morgan fingerprint density at radius 3 is 1.33 bits per heavy atom. The number of nitro benzene ring substituents is 3. The van der Waals surface area contributed by atoms with Crippen molar-refractivity contribution in [1.29, 1.82) is 0 Å². The summed E-state index contributed by atoms with van der Waals surface area (Å²) in [6.07, 6.45) is 12.6. The van der Waals surface area contributed by atoms with E-state index in [1.165, 1.54) is 72.8 Å². The first-order valence-corrected chi connectivity index (χ1v) is 27.3. The molecule has 1 aromatic heterocycles. The van der Waals surface area contributed by atoms with Gasteiger partial charge < -0.3 is 38.5 Å². The number of nitro groups is 3. The zero-order chi connectivity index (χ0) is 61.0. The fourth-order valence-electron chi connectivity index (χ4n) is 11.6. The van der Waals surface area contributed by atoms with E-state index in [-0.39, 0.29) is 70.2 Å². The summed E-state index contributed by atoms with van der Waals surface area (Å²) < 4.78 is 38.0. The highest BCUT2D eigenvalue weighted by Gasteiger charge is 2.53. The molecule has 4 aromatic rings. The van der Waals surface area contributed by atoms with Gasteiger partial charge in [-0.05, 0) is 114 Å². The van der Waals surface area contributed by atoms with Gasteiger partial charge >= 0.3 is 23.7 Å². The normalized spacial score (nSPS) is 20.8. The molecule has 84 heavy (non-hydrogen) atoms. The van der Waals surface area contributed by atoms with Gasteiger partial charge in [-0.3, -0.25) is 49.0 Å². The Hall–Kier alpha value is -8.13. The number of nitrogens with zero attached hydrogens (tertiary/aromatic N) is 9. The Labute approximate surface area is 491 Å². The molecule has 11 rings (SSSR count). The lowest BCUT2D eigenvalue weighted by atomic mass is 9.64. The lowest BCUT2D eigenvalue weighted by Gasteiger charge is -2.51. The van der Waals surface area contributed by atoms with Gasteiger partial charge in [-0.1, -0.05) is 7.43 Å². The Balaban J connectivity index is 0.000000188. The summed E-state index contributed by atoms with van der Waals surface area (Å²) in [7, 11) is -1.00. The molecule has 454 valence electrons. The minimum Gasteiger partial charge on any atom is -0.444 e. The van der Waals surface area contributed by atoms with E-state index in [4.69, 9.17) is 27.2 Å². The van der Waals surface area contributed by atoms with Crippen LogP contribution in [0.5, 0.6) is 17.2 Å². The highest BCUT2D eigenvalue weighted by atomic mass is 35.5. The average Bonchev–Trinajstić information content (AvgIpc) is 2.02. The van der Waals surface area contributed by atoms with Crippen LogP contribution in [0.15, 0.2) is 91.3 Å². The molecule has 0 atom stereocenters. The number of carbonyl (C=O) groups excluding carboxylic acids is 6. The first-order chi connectivity index (χ1) is 39.8. The number of hydrogen-bond donors (Lipinski definition) is 0. The number of alkyl halides is 1. The molecular weight excluding hydrogens is 1120 g/mol. The third kappa shape index (κ3) is 17.2. The fourth-order valence-corrected chi connectivity index (χ4v) is 11.7. The summed E-state index contributed by atoms with van der Waals surface area (Å²) in [5, 5.41) is 35.9. The predicted molar refractivity (Wildman–Crippen MR) is 303 cm³/mol. The zero-order valence-electron chi connectivity index (χ0n) is 47.3. The molecule has 3 amide bonds. The van der Waals surface area contributed by atoms with Crippen molar-refractivity contribution in [2.45, 2.75) is 117 Å². The SMILES string of the molecule is C.CC(C)(C)OC(=O)N1CCC2(CC(=O)C2)C1.O=C(Cl)Oc1ccc([N+](=O)[O-])cc1.O=C(Oc1ccc([N+](=O)[O-])cc1)N1CCC2(CC(N3CCC(n4cccn4)CC3)C2)C1.O=C1CC2(CCN(C(=O)Oc3ccc([N+](=O)[O-])cc3)C2)C1.[2H]CF. The van der Waals surface area contributed by atoms with Crippen LogP contribution in [0.4, 0.5) is 40.6 Å². The Morgan fingerprint density at radius 1 is 0.619 bits per heavy atom. The molecule has 3 saturated carbocycles. The lowest BCUT2D eigenvalue weighted by Crippen LogP contribution is -2.54. The summed E-state index contributed by atoms with van der Waals surface area (Å²) >= 11 is 4.92. The van der Waals surface area contributed by atoms with Crippen LogP contribution in [-0.4, -0.2) is 151 Å². The molecule has 7 aliphatic rings. The quantitative estimate of drug-likeness (QED) is 0.0899. The van der Waals surface area contributed by atoms with Crippen LogP contribution in [0, 0.1) is 46.6 Å². The maximum atomic E-state index is 12.5. The van der Waals surface area contributed by atoms with Crippen molar-refractivity contribution in [3.8, 4) is 17.2 Å². The second-order valence-corrected chi connectivity index (χ2v) is 23.2. The van der Waals surface area contributed by atoms with E-state index in [0.29, 0.717) is 75.5 Å². The van der Waals surface area contributed by atoms with Gasteiger partial charge in [0, 0.05) is 155 Å². The van der Waals surface area contributed by atoms with Crippen molar-refractivity contribution in [2.24, 2.45) is 16.2 Å². The Kier molecular flexibility index (Phi) is 21.1. The van der Waals surface area contributed by atoms with E-state index in [1.54, 1.807) is 14.7 Å². The summed E-state index contributed by atoms with van der Waals surface area (Å²) in [6, 6.07) is 19.1. The first kappa shape index (κ1) is 63.5. The van der Waals surface area contributed by atoms with E-state index in [9.17, 15) is 63.5 Å². The molecule has 4 aliphatic heterocycles. The van der Waals surface area contributed by atoms with Gasteiger partial charge in [-0.25, -0.2) is 19.2 Å². The number of piperidine rings is 1. The van der Waals surface area contributed by atoms with E-state index in [0.717, 1.165) is 71.1 Å². The number of halogens is 2. The molecule has 4 saturated heterocycles. The summed E-state index contributed by atoms with van der Waals surface area (Å²) in [4.78, 5) is 106. The Bertz CT molecular complexity index is 2990. The maximum absolute atomic E-state index is 12.5. The van der Waals surface area contributed by atoms with Gasteiger partial charge in [0.05, 0.1) is 29.3 Å². The van der Waals surface area contributed by atoms with Crippen molar-refractivity contribution in [3.05, 3.63) is 122 Å². The second kappa shape index (κ2) is 28.0. The number of aromatic nitrogens is 2. The van der Waals surface area contributed by atoms with Crippen molar-refractivity contribution < 1.29 is 68.2 Å². The number of benzene rings is 3. The number of likely N-dealkylation sites (tertiary alicyclic amines) is 4. The molecule has 27 heteroatoms. The monoisotopic (exact) mass is 1190 g/mol. The van der Waals surface area contributed by atoms with Gasteiger partial charge in [0.15, 0.2) is 0 Å². The number of carbonyl (C=O) groups is 6. The molecular formula is C57H71ClFN9O16. The molecule has 3 aromatic carbocycles. The highest BCUT2D eigenvalue weighted by Crippen LogP contribution is 2.51. The molecule has 0 bridgehead atoms. The van der Waals surface area contributed by atoms with Gasteiger partial charge in [-0.2, -0.15) is 5.10 Å². The Morgan fingerprint density at radius 2 is 0.988 bits per heavy atom. The van der Waals surface area contributed by atoms with E-state index in [2.05, 4.69) is 25.6 Å². The zero-order valence-corrected chi connectivity index (χ0v) is 47.0. The summed E-state index contributed by atoms with van der Waals surface area (Å²) in [5.74, 6) is 1.36. The summed E-state index contributed by atoms with van der Waals surface area (Å²) in [5.41, 5.74) is -1.29. The van der Waals surface area contributed by atoms with E-state index in [1.807, 2.05) is 33.0 Å². The smallest absolute Gasteiger partial charge is 0.415 e. The van der Waals surface area contributed by atoms with Gasteiger partial charge in [0.2, 0.25) is 0 Å². The third-order valence-electron chi connectivity index (χ3n) is 15.8. The largest absolute Gasteiger partial charge is 0.444 e. The van der Waals surface area contributed by atoms with Crippen LogP contribution in [0.25, 0.3) is 0 Å². The number of amides is 3. The van der Waals surface area contributed by atoms with Gasteiger partial charge in [0.1, 0.15) is 34.4 Å². The maximum Gasteiger partial charge on any atom is 0.415 e. The van der Waals surface area contributed by atoms with Crippen LogP contribution in [0.3, 0.4) is 0 Å². The number of ketones is 2. The molecule has 0 N–H and O–H groups in total. The van der Waals surface area contributed by atoms with Crippen LogP contribution in [0.1, 0.15) is 106 Å². The van der Waals surface area contributed by atoms with Crippen LogP contribution in [0.2, 0.25) is 0 Å². The van der Waals surface area contributed by atoms with Crippen molar-refractivity contribution in [3.63, 3.8) is 0 Å². The van der Waals surface area contributed by atoms with Gasteiger partial charge in [-0.15, -0.1) is 0 Å². The summed E-state index contributed by atoms with van der Waals surface area (Å²) in [6.45, 7) is 11.8. The minimum atomic E-state index is -1.00. The number of rotatable bonds is 8. The minimum absolute atomic E-state index is 0. The van der Waals surface area contributed by atoms with Crippen LogP contribution in [-0.2, 0) is 14.3 Å². The van der Waals surface area contributed by atoms with Gasteiger partial charge in [0.25, 0.3) is 17.1 Å². The third-order valence-corrected chi connectivity index (χ3v) is 15.9. The molecule has 0 radical (unpaired) electrons. The molecule has 3 aliphatic carbocycles. The lowest BCUT2D eigenvalue weighted by molar-refractivity contribution is -0.385. The van der Waals surface area contributed by atoms with Crippen LogP contribution < -0.4 is 14.2 Å².